The van der Waals surface area contributed by atoms with E-state index in [9.17, 15) is 9.59 Å². The molecule has 1 aliphatic rings. The molecule has 0 radical (unpaired) electrons. The van der Waals surface area contributed by atoms with Crippen LogP contribution < -0.4 is 15.4 Å². The van der Waals surface area contributed by atoms with Crippen LogP contribution in [-0.4, -0.2) is 24.0 Å². The molecule has 0 saturated carbocycles. The highest BCUT2D eigenvalue weighted by Gasteiger charge is 2.25. The first kappa shape index (κ1) is 12.3. The fraction of sp³-hybridized carbons (Fsp3) is 0.0833. The van der Waals surface area contributed by atoms with E-state index in [4.69, 9.17) is 17.0 Å². The molecule has 5 nitrogen and oxygen atoms in total. The largest absolute Gasteiger partial charge is 0.497 e. The number of hydrogen-bond donors (Lipinski definition) is 2. The summed E-state index contributed by atoms with van der Waals surface area (Å²) in [5.74, 6) is -0.366. The lowest BCUT2D eigenvalue weighted by Gasteiger charge is -2.16. The first-order valence-corrected chi connectivity index (χ1v) is 5.53. The van der Waals surface area contributed by atoms with E-state index in [2.05, 4.69) is 10.6 Å². The molecule has 2 amide bonds. The predicted octanol–water partition coefficient (Wildman–Crippen LogP) is 0.609. The maximum atomic E-state index is 11.6. The van der Waals surface area contributed by atoms with Crippen LogP contribution in [0.1, 0.15) is 5.56 Å². The van der Waals surface area contributed by atoms with Crippen LogP contribution >= 0.6 is 12.2 Å². The molecular weight excluding hydrogens is 252 g/mol. The molecule has 0 unspecified atom stereocenters. The average Bonchev–Trinajstić information content (AvgIpc) is 2.34. The molecule has 1 saturated heterocycles. The van der Waals surface area contributed by atoms with Crippen LogP contribution in [0.2, 0.25) is 0 Å². The number of nitrogens with one attached hydrogen (secondary N) is 2. The summed E-state index contributed by atoms with van der Waals surface area (Å²) in [6.07, 6.45) is 1.48. The van der Waals surface area contributed by atoms with Gasteiger partial charge in [0.2, 0.25) is 0 Å². The fourth-order valence-corrected chi connectivity index (χ4v) is 1.69. The average molecular weight is 262 g/mol. The third-order valence-electron chi connectivity index (χ3n) is 2.35. The van der Waals surface area contributed by atoms with Crippen molar-refractivity contribution in [2.24, 2.45) is 0 Å². The topological polar surface area (TPSA) is 67.4 Å². The van der Waals surface area contributed by atoms with Crippen molar-refractivity contribution < 1.29 is 14.3 Å². The second kappa shape index (κ2) is 4.97. The summed E-state index contributed by atoms with van der Waals surface area (Å²) >= 11 is 4.71. The van der Waals surface area contributed by atoms with Crippen molar-refractivity contribution >= 4 is 35.2 Å². The number of carbonyl (C=O) groups is 2. The highest BCUT2D eigenvalue weighted by atomic mass is 32.1. The van der Waals surface area contributed by atoms with Crippen molar-refractivity contribution in [1.82, 2.24) is 10.6 Å². The number of benzene rings is 1. The highest BCUT2D eigenvalue weighted by molar-refractivity contribution is 7.80. The summed E-state index contributed by atoms with van der Waals surface area (Å²) < 4.78 is 5.06. The molecule has 1 heterocycles. The normalized spacial score (nSPS) is 14.9. The molecule has 18 heavy (non-hydrogen) atoms. The lowest BCUT2D eigenvalue weighted by molar-refractivity contribution is -0.123. The smallest absolute Gasteiger partial charge is 0.263 e. The maximum absolute atomic E-state index is 11.6. The van der Waals surface area contributed by atoms with Crippen molar-refractivity contribution in [1.29, 1.82) is 0 Å². The first-order valence-electron chi connectivity index (χ1n) is 5.12. The van der Waals surface area contributed by atoms with E-state index in [0.717, 1.165) is 0 Å². The third kappa shape index (κ3) is 2.54. The maximum Gasteiger partial charge on any atom is 0.263 e. The van der Waals surface area contributed by atoms with Gasteiger partial charge >= 0.3 is 0 Å². The molecule has 6 heteroatoms. The number of amides is 2. The van der Waals surface area contributed by atoms with Gasteiger partial charge in [-0.05, 0) is 36.0 Å². The molecule has 0 spiro atoms. The third-order valence-corrected chi connectivity index (χ3v) is 2.55. The molecule has 0 aliphatic carbocycles. The Balaban J connectivity index is 2.34. The Kier molecular flexibility index (Phi) is 3.38. The molecule has 0 bridgehead atoms. The zero-order chi connectivity index (χ0) is 13.1. The van der Waals surface area contributed by atoms with Gasteiger partial charge in [-0.3, -0.25) is 20.2 Å². The summed E-state index contributed by atoms with van der Waals surface area (Å²) in [5, 5.41) is 4.76. The second-order valence-corrected chi connectivity index (χ2v) is 3.98. The summed E-state index contributed by atoms with van der Waals surface area (Å²) in [5.41, 5.74) is 0.708. The lowest BCUT2D eigenvalue weighted by atomic mass is 10.1. The SMILES string of the molecule is COc1cccc(C=C2C(=O)NC(=S)NC2=O)c1. The number of rotatable bonds is 2. The minimum absolute atomic E-state index is 0.0110. The van der Waals surface area contributed by atoms with Crippen LogP contribution in [0, 0.1) is 0 Å². The van der Waals surface area contributed by atoms with E-state index < -0.39 is 11.8 Å². The molecular formula is C12H10N2O3S. The first-order chi connectivity index (χ1) is 8.60. The molecule has 1 aliphatic heterocycles. The second-order valence-electron chi connectivity index (χ2n) is 3.57. The Hall–Kier alpha value is -2.21. The number of carbonyl (C=O) groups excluding carboxylic acids is 2. The number of hydrogen-bond acceptors (Lipinski definition) is 4. The number of methoxy groups -OCH3 is 1. The van der Waals surface area contributed by atoms with Gasteiger partial charge in [-0.15, -0.1) is 0 Å². The van der Waals surface area contributed by atoms with Crippen LogP contribution in [0.15, 0.2) is 29.8 Å². The van der Waals surface area contributed by atoms with Gasteiger partial charge in [0.25, 0.3) is 11.8 Å². The van der Waals surface area contributed by atoms with E-state index >= 15 is 0 Å². The summed E-state index contributed by atoms with van der Waals surface area (Å²) in [7, 11) is 1.55. The summed E-state index contributed by atoms with van der Waals surface area (Å²) in [4.78, 5) is 23.2. The molecule has 2 rings (SSSR count). The van der Waals surface area contributed by atoms with Gasteiger partial charge in [-0.25, -0.2) is 0 Å². The summed E-state index contributed by atoms with van der Waals surface area (Å²) in [6, 6.07) is 7.04. The van der Waals surface area contributed by atoms with Crippen molar-refractivity contribution in [3.05, 3.63) is 35.4 Å². The molecule has 0 aromatic heterocycles. The zero-order valence-electron chi connectivity index (χ0n) is 9.52. The molecule has 1 aromatic carbocycles. The van der Waals surface area contributed by atoms with E-state index in [-0.39, 0.29) is 10.7 Å². The molecule has 1 fully saturated rings. The number of thiocarbonyl (C=S) groups is 1. The van der Waals surface area contributed by atoms with Crippen LogP contribution in [0.4, 0.5) is 0 Å². The van der Waals surface area contributed by atoms with Crippen LogP contribution in [0.5, 0.6) is 5.75 Å². The van der Waals surface area contributed by atoms with Gasteiger partial charge in [0.05, 0.1) is 7.11 Å². The Morgan fingerprint density at radius 1 is 1.22 bits per heavy atom. The van der Waals surface area contributed by atoms with Gasteiger partial charge < -0.3 is 4.74 Å². The zero-order valence-corrected chi connectivity index (χ0v) is 10.3. The van der Waals surface area contributed by atoms with E-state index in [1.807, 2.05) is 0 Å². The van der Waals surface area contributed by atoms with Crippen molar-refractivity contribution in [2.45, 2.75) is 0 Å². The quantitative estimate of drug-likeness (QED) is 0.465. The van der Waals surface area contributed by atoms with Crippen molar-refractivity contribution in [3.63, 3.8) is 0 Å². The van der Waals surface area contributed by atoms with Gasteiger partial charge in [0.1, 0.15) is 11.3 Å². The van der Waals surface area contributed by atoms with Crippen LogP contribution in [-0.2, 0) is 9.59 Å². The molecule has 1 aromatic rings. The Bertz CT molecular complexity index is 544. The van der Waals surface area contributed by atoms with Crippen molar-refractivity contribution in [3.8, 4) is 5.75 Å². The Labute approximate surface area is 109 Å². The highest BCUT2D eigenvalue weighted by Crippen LogP contribution is 2.16. The monoisotopic (exact) mass is 262 g/mol. The molecule has 2 N–H and O–H groups in total. The molecule has 92 valence electrons. The van der Waals surface area contributed by atoms with Crippen molar-refractivity contribution in [2.75, 3.05) is 7.11 Å². The number of ether oxygens (including phenoxy) is 1. The van der Waals surface area contributed by atoms with Gasteiger partial charge in [0.15, 0.2) is 5.11 Å². The molecule has 0 atom stereocenters. The lowest BCUT2D eigenvalue weighted by Crippen LogP contribution is -2.51. The van der Waals surface area contributed by atoms with E-state index in [0.29, 0.717) is 11.3 Å². The summed E-state index contributed by atoms with van der Waals surface area (Å²) in [6.45, 7) is 0. The Morgan fingerprint density at radius 2 is 1.89 bits per heavy atom. The van der Waals surface area contributed by atoms with Crippen LogP contribution in [0.25, 0.3) is 6.08 Å². The minimum atomic E-state index is -0.508. The Morgan fingerprint density at radius 3 is 2.50 bits per heavy atom. The van der Waals surface area contributed by atoms with E-state index in [1.165, 1.54) is 6.08 Å². The fourth-order valence-electron chi connectivity index (χ4n) is 1.50. The van der Waals surface area contributed by atoms with Crippen LogP contribution in [0.3, 0.4) is 0 Å². The van der Waals surface area contributed by atoms with E-state index in [1.54, 1.807) is 31.4 Å². The van der Waals surface area contributed by atoms with Gasteiger partial charge in [0, 0.05) is 0 Å². The minimum Gasteiger partial charge on any atom is -0.497 e. The standard InChI is InChI=1S/C12H10N2O3S/c1-17-8-4-2-3-7(5-8)6-9-10(15)13-12(18)14-11(9)16/h2-6H,1H3,(H2,13,14,15,16,18). The van der Waals surface area contributed by atoms with Gasteiger partial charge in [-0.1, -0.05) is 12.1 Å². The van der Waals surface area contributed by atoms with Gasteiger partial charge in [-0.2, -0.15) is 0 Å². The predicted molar refractivity (Wildman–Crippen MR) is 69.9 cm³/mol.